The third-order valence-corrected chi connectivity index (χ3v) is 8.29. The highest BCUT2D eigenvalue weighted by atomic mass is 32.2. The Morgan fingerprint density at radius 3 is 2.76 bits per heavy atom. The molecular weight excluding hydrogens is 444 g/mol. The van der Waals surface area contributed by atoms with Crippen LogP contribution in [-0.4, -0.2) is 47.4 Å². The maximum atomic E-state index is 13.3. The van der Waals surface area contributed by atoms with Crippen LogP contribution >= 0.6 is 0 Å². The Morgan fingerprint density at radius 2 is 2.00 bits per heavy atom. The minimum absolute atomic E-state index is 0.0597. The Hall–Kier alpha value is -3.14. The van der Waals surface area contributed by atoms with Crippen molar-refractivity contribution in [2.75, 3.05) is 18.3 Å². The zero-order valence-corrected chi connectivity index (χ0v) is 19.0. The number of rotatable bonds is 5. The number of hydrogen-bond donors (Lipinski definition) is 1. The molecule has 1 aromatic carbocycles. The van der Waals surface area contributed by atoms with E-state index in [1.165, 1.54) is 0 Å². The quantitative estimate of drug-likeness (QED) is 0.613. The molecule has 1 aliphatic carbocycles. The van der Waals surface area contributed by atoms with E-state index in [9.17, 15) is 13.2 Å². The number of amides is 1. The van der Waals surface area contributed by atoms with E-state index in [2.05, 4.69) is 10.4 Å². The highest BCUT2D eigenvalue weighted by Crippen LogP contribution is 2.41. The predicted molar refractivity (Wildman–Crippen MR) is 120 cm³/mol. The van der Waals surface area contributed by atoms with E-state index in [0.29, 0.717) is 52.7 Å². The second-order valence-corrected chi connectivity index (χ2v) is 11.3. The largest absolute Gasteiger partial charge is 0.454 e. The lowest BCUT2D eigenvalue weighted by Gasteiger charge is -2.12. The summed E-state index contributed by atoms with van der Waals surface area (Å²) >= 11 is 0. The lowest BCUT2D eigenvalue weighted by Crippen LogP contribution is -2.23. The number of pyridine rings is 1. The first-order chi connectivity index (χ1) is 15.9. The Kier molecular flexibility index (Phi) is 4.62. The van der Waals surface area contributed by atoms with E-state index in [0.717, 1.165) is 24.1 Å². The molecule has 172 valence electrons. The molecule has 2 fully saturated rings. The third-order valence-electron chi connectivity index (χ3n) is 6.54. The molecule has 1 N–H and O–H groups in total. The first-order valence-electron chi connectivity index (χ1n) is 11.1. The van der Waals surface area contributed by atoms with E-state index in [4.69, 9.17) is 14.5 Å². The molecule has 1 atom stereocenters. The predicted octanol–water partition coefficient (Wildman–Crippen LogP) is 2.64. The Bertz CT molecular complexity index is 1390. The number of carbonyl (C=O) groups excluding carboxylic acids is 1. The summed E-state index contributed by atoms with van der Waals surface area (Å²) in [5.41, 5.74) is 3.60. The second kappa shape index (κ2) is 7.44. The molecule has 4 heterocycles. The number of aromatic nitrogens is 3. The third kappa shape index (κ3) is 3.72. The Morgan fingerprint density at radius 1 is 1.18 bits per heavy atom. The summed E-state index contributed by atoms with van der Waals surface area (Å²) in [6, 6.07) is 7.22. The fourth-order valence-electron chi connectivity index (χ4n) is 4.65. The molecule has 2 aliphatic heterocycles. The highest BCUT2D eigenvalue weighted by Gasteiger charge is 2.34. The number of carbonyl (C=O) groups is 1. The summed E-state index contributed by atoms with van der Waals surface area (Å²) in [5.74, 6) is 1.72. The van der Waals surface area contributed by atoms with Crippen molar-refractivity contribution in [3.8, 4) is 11.5 Å². The van der Waals surface area contributed by atoms with Gasteiger partial charge in [0.05, 0.1) is 34.2 Å². The van der Waals surface area contributed by atoms with Gasteiger partial charge in [-0.3, -0.25) is 4.79 Å². The van der Waals surface area contributed by atoms with Gasteiger partial charge in [-0.05, 0) is 49.9 Å². The fraction of sp³-hybridized carbons (Fsp3) is 0.435. The van der Waals surface area contributed by atoms with Crippen LogP contribution < -0.4 is 14.8 Å². The first kappa shape index (κ1) is 20.5. The van der Waals surface area contributed by atoms with Crippen molar-refractivity contribution in [1.29, 1.82) is 0 Å². The van der Waals surface area contributed by atoms with Gasteiger partial charge in [-0.25, -0.2) is 18.1 Å². The van der Waals surface area contributed by atoms with Crippen LogP contribution in [-0.2, 0) is 16.4 Å². The van der Waals surface area contributed by atoms with Crippen LogP contribution in [0.25, 0.3) is 11.0 Å². The summed E-state index contributed by atoms with van der Waals surface area (Å²) in [6.45, 7) is 2.39. The maximum absolute atomic E-state index is 13.3. The van der Waals surface area contributed by atoms with E-state index in [1.807, 2.05) is 31.2 Å². The molecular formula is C23H24N4O5S. The van der Waals surface area contributed by atoms with Crippen LogP contribution in [0.3, 0.4) is 0 Å². The van der Waals surface area contributed by atoms with Gasteiger partial charge in [0.1, 0.15) is 0 Å². The van der Waals surface area contributed by atoms with Gasteiger partial charge in [-0.2, -0.15) is 5.10 Å². The normalized spacial score (nSPS) is 20.9. The molecule has 0 radical (unpaired) electrons. The van der Waals surface area contributed by atoms with Gasteiger partial charge in [0.15, 0.2) is 27.0 Å². The molecule has 0 bridgehead atoms. The zero-order valence-electron chi connectivity index (χ0n) is 18.2. The van der Waals surface area contributed by atoms with Crippen molar-refractivity contribution in [1.82, 2.24) is 20.1 Å². The number of fused-ring (bicyclic) bond motifs is 2. The lowest BCUT2D eigenvalue weighted by molar-refractivity contribution is 0.0952. The fourth-order valence-corrected chi connectivity index (χ4v) is 6.34. The molecule has 6 rings (SSSR count). The van der Waals surface area contributed by atoms with Gasteiger partial charge in [0.25, 0.3) is 5.91 Å². The number of aryl methyl sites for hydroxylation is 1. The maximum Gasteiger partial charge on any atom is 0.252 e. The van der Waals surface area contributed by atoms with Crippen LogP contribution in [0.15, 0.2) is 24.3 Å². The van der Waals surface area contributed by atoms with Crippen LogP contribution in [0.2, 0.25) is 0 Å². The van der Waals surface area contributed by atoms with Gasteiger partial charge in [0.2, 0.25) is 6.79 Å². The molecule has 1 saturated heterocycles. The number of benzene rings is 1. The van der Waals surface area contributed by atoms with Crippen molar-refractivity contribution < 1.29 is 22.7 Å². The monoisotopic (exact) mass is 468 g/mol. The number of nitrogens with one attached hydrogen (secondary N) is 1. The molecule has 0 unspecified atom stereocenters. The molecule has 10 heteroatoms. The number of hydrogen-bond acceptors (Lipinski definition) is 7. The van der Waals surface area contributed by atoms with E-state index in [1.54, 1.807) is 4.68 Å². The van der Waals surface area contributed by atoms with Crippen LogP contribution in [0.4, 0.5) is 0 Å². The van der Waals surface area contributed by atoms with E-state index < -0.39 is 9.84 Å². The number of ether oxygens (including phenoxy) is 2. The van der Waals surface area contributed by atoms with Crippen molar-refractivity contribution in [2.24, 2.45) is 0 Å². The Balaban J connectivity index is 1.34. The summed E-state index contributed by atoms with van der Waals surface area (Å²) in [4.78, 5) is 18.2. The minimum atomic E-state index is -3.07. The average molecular weight is 469 g/mol. The Labute approximate surface area is 191 Å². The second-order valence-electron chi connectivity index (χ2n) is 9.02. The highest BCUT2D eigenvalue weighted by molar-refractivity contribution is 7.91. The van der Waals surface area contributed by atoms with Crippen LogP contribution in [0.1, 0.15) is 58.5 Å². The molecule has 33 heavy (non-hydrogen) atoms. The molecule has 1 amide bonds. The van der Waals surface area contributed by atoms with Gasteiger partial charge < -0.3 is 14.8 Å². The standard InChI is InChI=1S/C23H24N4O5S/c1-13-21-17(23(28)24-10-14-2-5-19-20(8-14)32-12-31-19)9-18(15-3-4-15)25-22(21)27(26-13)16-6-7-33(29,30)11-16/h2,5,8-9,15-16H,3-4,6-7,10-12H2,1H3,(H,24,28)/t16-/m1/s1. The van der Waals surface area contributed by atoms with Crippen molar-refractivity contribution >= 4 is 26.8 Å². The molecule has 0 spiro atoms. The van der Waals surface area contributed by atoms with Crippen molar-refractivity contribution in [3.05, 3.63) is 46.8 Å². The summed E-state index contributed by atoms with van der Waals surface area (Å²) in [5, 5.41) is 8.33. The number of nitrogens with zero attached hydrogens (tertiary/aromatic N) is 3. The summed E-state index contributed by atoms with van der Waals surface area (Å²) in [6.07, 6.45) is 2.60. The molecule has 1 saturated carbocycles. The zero-order chi connectivity index (χ0) is 22.7. The van der Waals surface area contributed by atoms with Gasteiger partial charge in [-0.1, -0.05) is 6.07 Å². The minimum Gasteiger partial charge on any atom is -0.454 e. The van der Waals surface area contributed by atoms with E-state index in [-0.39, 0.29) is 30.2 Å². The van der Waals surface area contributed by atoms with Crippen molar-refractivity contribution in [2.45, 2.75) is 44.7 Å². The molecule has 9 nitrogen and oxygen atoms in total. The van der Waals surface area contributed by atoms with Crippen LogP contribution in [0, 0.1) is 6.92 Å². The van der Waals surface area contributed by atoms with E-state index >= 15 is 0 Å². The lowest BCUT2D eigenvalue weighted by atomic mass is 10.1. The van der Waals surface area contributed by atoms with Gasteiger partial charge in [0, 0.05) is 18.2 Å². The number of sulfone groups is 1. The topological polar surface area (TPSA) is 112 Å². The summed E-state index contributed by atoms with van der Waals surface area (Å²) < 4.78 is 36.6. The van der Waals surface area contributed by atoms with Gasteiger partial charge in [-0.15, -0.1) is 0 Å². The van der Waals surface area contributed by atoms with Gasteiger partial charge >= 0.3 is 0 Å². The van der Waals surface area contributed by atoms with Crippen molar-refractivity contribution in [3.63, 3.8) is 0 Å². The SMILES string of the molecule is Cc1nn([C@@H]2CCS(=O)(=O)C2)c2nc(C3CC3)cc(C(=O)NCc3ccc4c(c3)OCO4)c12. The molecule has 3 aliphatic rings. The molecule has 2 aromatic heterocycles. The van der Waals surface area contributed by atoms with Crippen LogP contribution in [0.5, 0.6) is 11.5 Å². The smallest absolute Gasteiger partial charge is 0.252 e. The average Bonchev–Trinajstić information content (AvgIpc) is 3.30. The first-order valence-corrected chi connectivity index (χ1v) is 13.0. The summed E-state index contributed by atoms with van der Waals surface area (Å²) in [7, 11) is -3.07. The molecule has 3 aromatic rings.